The zero-order valence-electron chi connectivity index (χ0n) is 11.9. The van der Waals surface area contributed by atoms with E-state index in [4.69, 9.17) is 0 Å². The number of hydrogen-bond acceptors (Lipinski definition) is 2. The summed E-state index contributed by atoms with van der Waals surface area (Å²) in [5.41, 5.74) is 0. The van der Waals surface area contributed by atoms with Gasteiger partial charge in [-0.3, -0.25) is 0 Å². The summed E-state index contributed by atoms with van der Waals surface area (Å²) in [6, 6.07) is 0. The van der Waals surface area contributed by atoms with Gasteiger partial charge in [0.1, 0.15) is 0 Å². The van der Waals surface area contributed by atoms with Crippen LogP contribution in [-0.4, -0.2) is 22.4 Å². The lowest BCUT2D eigenvalue weighted by atomic mass is 9.99. The first-order chi connectivity index (χ1) is 8.79. The average Bonchev–Trinajstić information content (AvgIpc) is 2.35. The van der Waals surface area contributed by atoms with Crippen LogP contribution < -0.4 is 0 Å². The van der Waals surface area contributed by atoms with Crippen molar-refractivity contribution in [3.63, 3.8) is 0 Å². The number of hydrogen-bond donors (Lipinski definition) is 2. The molecule has 0 heterocycles. The Morgan fingerprint density at radius 1 is 0.389 bits per heavy atom. The standard InChI is InChI=1S/C16H32O2/c17-15-11-7-3-1-4-8-12-16(18)14-10-6-2-5-9-13-15/h15-18H,1-14H2. The van der Waals surface area contributed by atoms with Crippen LogP contribution in [0.25, 0.3) is 0 Å². The normalized spacial score (nSPS) is 31.0. The number of aliphatic hydroxyl groups is 2. The van der Waals surface area contributed by atoms with Gasteiger partial charge in [0.2, 0.25) is 0 Å². The van der Waals surface area contributed by atoms with Crippen molar-refractivity contribution in [3.8, 4) is 0 Å². The van der Waals surface area contributed by atoms with E-state index in [0.29, 0.717) is 0 Å². The summed E-state index contributed by atoms with van der Waals surface area (Å²) < 4.78 is 0. The van der Waals surface area contributed by atoms with E-state index in [1.54, 1.807) is 0 Å². The van der Waals surface area contributed by atoms with Gasteiger partial charge in [-0.25, -0.2) is 0 Å². The summed E-state index contributed by atoms with van der Waals surface area (Å²) in [6.07, 6.45) is 16.0. The average molecular weight is 256 g/mol. The Balaban J connectivity index is 2.17. The molecule has 1 rings (SSSR count). The van der Waals surface area contributed by atoms with E-state index in [9.17, 15) is 10.2 Å². The second kappa shape index (κ2) is 10.8. The van der Waals surface area contributed by atoms with Gasteiger partial charge in [0.05, 0.1) is 12.2 Å². The predicted octanol–water partition coefficient (Wildman–Crippen LogP) is 4.18. The molecule has 1 aliphatic rings. The zero-order valence-corrected chi connectivity index (χ0v) is 11.9. The van der Waals surface area contributed by atoms with Crippen molar-refractivity contribution in [1.82, 2.24) is 0 Å². The smallest absolute Gasteiger partial charge is 0.0540 e. The van der Waals surface area contributed by atoms with Crippen LogP contribution in [0.3, 0.4) is 0 Å². The van der Waals surface area contributed by atoms with Crippen LogP contribution >= 0.6 is 0 Å². The second-order valence-corrected chi connectivity index (χ2v) is 6.00. The van der Waals surface area contributed by atoms with Crippen molar-refractivity contribution in [2.24, 2.45) is 0 Å². The Morgan fingerprint density at radius 2 is 0.611 bits per heavy atom. The Labute approximate surface area is 113 Å². The van der Waals surface area contributed by atoms with Gasteiger partial charge >= 0.3 is 0 Å². The minimum Gasteiger partial charge on any atom is -0.393 e. The van der Waals surface area contributed by atoms with Crippen LogP contribution in [0, 0.1) is 0 Å². The molecule has 0 bridgehead atoms. The number of rotatable bonds is 0. The van der Waals surface area contributed by atoms with Gasteiger partial charge in [-0.1, -0.05) is 64.2 Å². The maximum atomic E-state index is 9.82. The lowest BCUT2D eigenvalue weighted by Gasteiger charge is -2.13. The van der Waals surface area contributed by atoms with Crippen LogP contribution in [0.15, 0.2) is 0 Å². The quantitative estimate of drug-likeness (QED) is 0.682. The van der Waals surface area contributed by atoms with Gasteiger partial charge in [0.25, 0.3) is 0 Å². The minimum absolute atomic E-state index is 0.0558. The molecule has 0 unspecified atom stereocenters. The van der Waals surface area contributed by atoms with E-state index >= 15 is 0 Å². The van der Waals surface area contributed by atoms with Gasteiger partial charge < -0.3 is 10.2 Å². The molecule has 0 amide bonds. The monoisotopic (exact) mass is 256 g/mol. The molecule has 0 aromatic heterocycles. The van der Waals surface area contributed by atoms with Crippen LogP contribution in [0.4, 0.5) is 0 Å². The molecule has 0 saturated heterocycles. The van der Waals surface area contributed by atoms with Crippen LogP contribution in [0.5, 0.6) is 0 Å². The maximum Gasteiger partial charge on any atom is 0.0540 e. The molecule has 1 fully saturated rings. The third-order valence-electron chi connectivity index (χ3n) is 4.15. The summed E-state index contributed by atoms with van der Waals surface area (Å²) >= 11 is 0. The SMILES string of the molecule is OC1CCCCCCCC(O)CCCCCCC1. The molecule has 2 N–H and O–H groups in total. The molecule has 0 atom stereocenters. The molecular weight excluding hydrogens is 224 g/mol. The molecule has 0 aliphatic heterocycles. The first kappa shape index (κ1) is 16.0. The Morgan fingerprint density at radius 3 is 0.889 bits per heavy atom. The highest BCUT2D eigenvalue weighted by Crippen LogP contribution is 2.17. The third kappa shape index (κ3) is 8.93. The van der Waals surface area contributed by atoms with E-state index in [1.807, 2.05) is 0 Å². The first-order valence-corrected chi connectivity index (χ1v) is 8.15. The van der Waals surface area contributed by atoms with Crippen molar-refractivity contribution in [1.29, 1.82) is 0 Å². The summed E-state index contributed by atoms with van der Waals surface area (Å²) in [7, 11) is 0. The molecule has 1 aliphatic carbocycles. The van der Waals surface area contributed by atoms with E-state index in [1.165, 1.54) is 64.2 Å². The van der Waals surface area contributed by atoms with E-state index in [-0.39, 0.29) is 12.2 Å². The Hall–Kier alpha value is -0.0800. The molecule has 2 heteroatoms. The van der Waals surface area contributed by atoms with Crippen LogP contribution in [0.1, 0.15) is 89.9 Å². The molecule has 1 saturated carbocycles. The van der Waals surface area contributed by atoms with Crippen molar-refractivity contribution >= 4 is 0 Å². The zero-order chi connectivity index (χ0) is 13.1. The van der Waals surface area contributed by atoms with Gasteiger partial charge in [-0.2, -0.15) is 0 Å². The van der Waals surface area contributed by atoms with Crippen molar-refractivity contribution < 1.29 is 10.2 Å². The minimum atomic E-state index is -0.0558. The molecule has 0 radical (unpaired) electrons. The molecule has 18 heavy (non-hydrogen) atoms. The Kier molecular flexibility index (Phi) is 9.59. The van der Waals surface area contributed by atoms with E-state index in [0.717, 1.165) is 25.7 Å². The predicted molar refractivity (Wildman–Crippen MR) is 76.7 cm³/mol. The molecule has 0 aromatic carbocycles. The fraction of sp³-hybridized carbons (Fsp3) is 1.00. The molecule has 108 valence electrons. The summed E-state index contributed by atoms with van der Waals surface area (Å²) in [5.74, 6) is 0. The lowest BCUT2D eigenvalue weighted by molar-refractivity contribution is 0.142. The summed E-state index contributed by atoms with van der Waals surface area (Å²) in [4.78, 5) is 0. The molecule has 0 aromatic rings. The highest BCUT2D eigenvalue weighted by atomic mass is 16.3. The number of aliphatic hydroxyl groups excluding tert-OH is 2. The van der Waals surface area contributed by atoms with Crippen molar-refractivity contribution in [2.75, 3.05) is 0 Å². The van der Waals surface area contributed by atoms with Crippen LogP contribution in [-0.2, 0) is 0 Å². The lowest BCUT2D eigenvalue weighted by Crippen LogP contribution is -2.07. The second-order valence-electron chi connectivity index (χ2n) is 6.00. The summed E-state index contributed by atoms with van der Waals surface area (Å²) in [5, 5.41) is 19.6. The Bertz CT molecular complexity index is 146. The topological polar surface area (TPSA) is 40.5 Å². The summed E-state index contributed by atoms with van der Waals surface area (Å²) in [6.45, 7) is 0. The molecule has 2 nitrogen and oxygen atoms in total. The van der Waals surface area contributed by atoms with Gasteiger partial charge in [-0.15, -0.1) is 0 Å². The highest BCUT2D eigenvalue weighted by molar-refractivity contribution is 4.60. The van der Waals surface area contributed by atoms with E-state index in [2.05, 4.69) is 0 Å². The van der Waals surface area contributed by atoms with E-state index < -0.39 is 0 Å². The fourth-order valence-electron chi connectivity index (χ4n) is 2.87. The van der Waals surface area contributed by atoms with Crippen LogP contribution in [0.2, 0.25) is 0 Å². The fourth-order valence-corrected chi connectivity index (χ4v) is 2.87. The maximum absolute atomic E-state index is 9.82. The largest absolute Gasteiger partial charge is 0.393 e. The van der Waals surface area contributed by atoms with Gasteiger partial charge in [0.15, 0.2) is 0 Å². The highest BCUT2D eigenvalue weighted by Gasteiger charge is 2.06. The molecule has 0 spiro atoms. The van der Waals surface area contributed by atoms with Crippen molar-refractivity contribution in [3.05, 3.63) is 0 Å². The van der Waals surface area contributed by atoms with Gasteiger partial charge in [0, 0.05) is 0 Å². The first-order valence-electron chi connectivity index (χ1n) is 8.15. The third-order valence-corrected chi connectivity index (χ3v) is 4.15. The van der Waals surface area contributed by atoms with Crippen molar-refractivity contribution in [2.45, 2.75) is 102 Å². The molecular formula is C16H32O2. The van der Waals surface area contributed by atoms with Gasteiger partial charge in [-0.05, 0) is 25.7 Å².